The second-order valence-electron chi connectivity index (χ2n) is 12.3. The quantitative estimate of drug-likeness (QED) is 0.0471. The molecule has 0 amide bonds. The smallest absolute Gasteiger partial charge is 0.324 e. The Balaban J connectivity index is 3.74. The average molecular weight is 607 g/mol. The molecule has 0 radical (unpaired) electrons. The normalized spacial score (nSPS) is 14.0. The van der Waals surface area contributed by atoms with Gasteiger partial charge >= 0.3 is 7.60 Å². The van der Waals surface area contributed by atoms with E-state index >= 15 is 0 Å². The molecule has 0 rings (SSSR count). The molecular formula is C38H71O3P. The molecule has 0 aromatic carbocycles. The molecule has 0 spiro atoms. The van der Waals surface area contributed by atoms with Crippen molar-refractivity contribution in [3.8, 4) is 0 Å². The summed E-state index contributed by atoms with van der Waals surface area (Å²) in [6, 6.07) is 0. The summed E-state index contributed by atoms with van der Waals surface area (Å²) in [5, 5.41) is 0. The zero-order valence-electron chi connectivity index (χ0n) is 28.3. The van der Waals surface area contributed by atoms with Crippen LogP contribution in [0.4, 0.5) is 0 Å². The van der Waals surface area contributed by atoms with Gasteiger partial charge in [0, 0.05) is 6.66 Å². The molecule has 1 unspecified atom stereocenters. The minimum Gasteiger partial charge on any atom is -0.324 e. The number of hydrogen-bond acceptors (Lipinski definition) is 2. The lowest BCUT2D eigenvalue weighted by Gasteiger charge is -2.19. The molecule has 0 aliphatic heterocycles. The average Bonchev–Trinajstić information content (AvgIpc) is 2.95. The summed E-state index contributed by atoms with van der Waals surface area (Å²) >= 11 is 0. The van der Waals surface area contributed by atoms with E-state index in [9.17, 15) is 9.46 Å². The molecule has 246 valence electrons. The summed E-state index contributed by atoms with van der Waals surface area (Å²) in [4.78, 5) is 9.77. The van der Waals surface area contributed by atoms with Gasteiger partial charge in [0.15, 0.2) is 0 Å². The SMILES string of the molecule is CCCCC/C=C\C/C=C\CCCCCCCCC(CCCCCCCC/C=C\C/C=C\CCCCC)OP(C)(=O)O. The van der Waals surface area contributed by atoms with Gasteiger partial charge in [-0.15, -0.1) is 0 Å². The van der Waals surface area contributed by atoms with Crippen molar-refractivity contribution in [3.05, 3.63) is 48.6 Å². The fourth-order valence-corrected chi connectivity index (χ4v) is 6.01. The first-order chi connectivity index (χ1) is 20.5. The Morgan fingerprint density at radius 1 is 0.500 bits per heavy atom. The Labute approximate surface area is 263 Å². The fourth-order valence-electron chi connectivity index (χ4n) is 5.25. The van der Waals surface area contributed by atoms with E-state index in [0.717, 1.165) is 38.5 Å². The highest BCUT2D eigenvalue weighted by Gasteiger charge is 2.18. The first kappa shape index (κ1) is 41.1. The largest absolute Gasteiger partial charge is 0.325 e. The number of rotatable bonds is 32. The topological polar surface area (TPSA) is 46.5 Å². The number of allylic oxidation sites excluding steroid dienone is 8. The van der Waals surface area contributed by atoms with Crippen molar-refractivity contribution in [1.82, 2.24) is 0 Å². The lowest BCUT2D eigenvalue weighted by atomic mass is 10.0. The summed E-state index contributed by atoms with van der Waals surface area (Å²) < 4.78 is 17.5. The monoisotopic (exact) mass is 607 g/mol. The van der Waals surface area contributed by atoms with Crippen LogP contribution in [0.1, 0.15) is 181 Å². The molecule has 0 heterocycles. The molecule has 3 nitrogen and oxygen atoms in total. The van der Waals surface area contributed by atoms with Crippen LogP contribution in [0.25, 0.3) is 0 Å². The molecule has 1 atom stereocenters. The highest BCUT2D eigenvalue weighted by Crippen LogP contribution is 2.40. The van der Waals surface area contributed by atoms with Gasteiger partial charge in [0.1, 0.15) is 0 Å². The zero-order chi connectivity index (χ0) is 30.8. The van der Waals surface area contributed by atoms with Crippen LogP contribution in [-0.4, -0.2) is 17.7 Å². The number of hydrogen-bond donors (Lipinski definition) is 1. The minimum absolute atomic E-state index is 0.0671. The lowest BCUT2D eigenvalue weighted by molar-refractivity contribution is 0.152. The maximum absolute atomic E-state index is 11.9. The first-order valence-corrected chi connectivity index (χ1v) is 20.1. The van der Waals surface area contributed by atoms with Gasteiger partial charge in [0.05, 0.1) is 6.10 Å². The third-order valence-electron chi connectivity index (χ3n) is 7.80. The molecule has 42 heavy (non-hydrogen) atoms. The predicted octanol–water partition coefficient (Wildman–Crippen LogP) is 13.6. The van der Waals surface area contributed by atoms with Crippen molar-refractivity contribution in [3.63, 3.8) is 0 Å². The summed E-state index contributed by atoms with van der Waals surface area (Å²) in [5.41, 5.74) is 0. The fraction of sp³-hybridized carbons (Fsp3) is 0.789. The second kappa shape index (κ2) is 33.0. The Bertz CT molecular complexity index is 655. The molecule has 0 saturated heterocycles. The molecule has 0 saturated carbocycles. The van der Waals surface area contributed by atoms with Crippen molar-refractivity contribution in [1.29, 1.82) is 0 Å². The van der Waals surface area contributed by atoms with Crippen LogP contribution in [-0.2, 0) is 9.09 Å². The summed E-state index contributed by atoms with van der Waals surface area (Å²) in [6.45, 7) is 5.83. The van der Waals surface area contributed by atoms with E-state index in [4.69, 9.17) is 4.52 Å². The molecule has 1 N–H and O–H groups in total. The highest BCUT2D eigenvalue weighted by molar-refractivity contribution is 7.51. The van der Waals surface area contributed by atoms with Crippen molar-refractivity contribution < 1.29 is 14.0 Å². The van der Waals surface area contributed by atoms with E-state index in [0.29, 0.717) is 0 Å². The van der Waals surface area contributed by atoms with E-state index < -0.39 is 7.60 Å². The Kier molecular flexibility index (Phi) is 32.3. The van der Waals surface area contributed by atoms with Crippen LogP contribution in [0, 0.1) is 0 Å². The Hall–Kier alpha value is -0.890. The second-order valence-corrected chi connectivity index (χ2v) is 14.1. The maximum atomic E-state index is 11.9. The highest BCUT2D eigenvalue weighted by atomic mass is 31.2. The zero-order valence-corrected chi connectivity index (χ0v) is 29.2. The van der Waals surface area contributed by atoms with Crippen LogP contribution < -0.4 is 0 Å². The molecule has 0 aliphatic rings. The molecular weight excluding hydrogens is 535 g/mol. The summed E-state index contributed by atoms with van der Waals surface area (Å²) in [6.07, 6.45) is 50.0. The maximum Gasteiger partial charge on any atom is 0.325 e. The standard InChI is InChI=1S/C38H71O3P/c1-4-6-8-10-12-14-16-18-20-22-24-26-28-30-32-34-36-38(41-42(3,39)40)37-35-33-31-29-27-25-23-21-19-17-15-13-11-9-7-5-2/h12-15,18-21,38H,4-11,16-17,22-37H2,1-3H3,(H,39,40)/b14-12-,15-13-,20-18-,21-19-. The van der Waals surface area contributed by atoms with Crippen molar-refractivity contribution in [2.24, 2.45) is 0 Å². The third-order valence-corrected chi connectivity index (χ3v) is 8.49. The van der Waals surface area contributed by atoms with Crippen LogP contribution in [0.5, 0.6) is 0 Å². The van der Waals surface area contributed by atoms with E-state index in [1.807, 2.05) is 0 Å². The van der Waals surface area contributed by atoms with Crippen LogP contribution >= 0.6 is 7.60 Å². The van der Waals surface area contributed by atoms with E-state index in [1.54, 1.807) is 0 Å². The predicted molar refractivity (Wildman–Crippen MR) is 189 cm³/mol. The molecule has 0 aromatic rings. The van der Waals surface area contributed by atoms with E-state index in [2.05, 4.69) is 62.5 Å². The van der Waals surface area contributed by atoms with Gasteiger partial charge in [-0.25, -0.2) is 0 Å². The van der Waals surface area contributed by atoms with Crippen molar-refractivity contribution in [2.75, 3.05) is 6.66 Å². The number of unbranched alkanes of at least 4 members (excludes halogenated alkanes) is 18. The summed E-state index contributed by atoms with van der Waals surface area (Å²) in [5.74, 6) is 0. The third kappa shape index (κ3) is 35.3. The summed E-state index contributed by atoms with van der Waals surface area (Å²) in [7, 11) is -3.43. The van der Waals surface area contributed by atoms with Crippen molar-refractivity contribution >= 4 is 7.60 Å². The van der Waals surface area contributed by atoms with Crippen LogP contribution in [0.15, 0.2) is 48.6 Å². The lowest BCUT2D eigenvalue weighted by Crippen LogP contribution is -2.11. The van der Waals surface area contributed by atoms with Crippen LogP contribution in [0.3, 0.4) is 0 Å². The van der Waals surface area contributed by atoms with Crippen molar-refractivity contribution in [2.45, 2.75) is 187 Å². The first-order valence-electron chi connectivity index (χ1n) is 18.1. The van der Waals surface area contributed by atoms with Crippen LogP contribution in [0.2, 0.25) is 0 Å². The molecule has 0 aromatic heterocycles. The molecule has 0 fully saturated rings. The van der Waals surface area contributed by atoms with Gasteiger partial charge in [-0.05, 0) is 77.0 Å². The van der Waals surface area contributed by atoms with Gasteiger partial charge in [-0.1, -0.05) is 152 Å². The Morgan fingerprint density at radius 3 is 1.14 bits per heavy atom. The molecule has 4 heteroatoms. The minimum atomic E-state index is -3.43. The van der Waals surface area contributed by atoms with E-state index in [1.165, 1.54) is 135 Å². The molecule has 0 bridgehead atoms. The van der Waals surface area contributed by atoms with Gasteiger partial charge in [-0.3, -0.25) is 4.57 Å². The molecule has 0 aliphatic carbocycles. The van der Waals surface area contributed by atoms with E-state index in [-0.39, 0.29) is 6.10 Å². The van der Waals surface area contributed by atoms with Gasteiger partial charge < -0.3 is 9.42 Å². The van der Waals surface area contributed by atoms with Gasteiger partial charge in [-0.2, -0.15) is 0 Å². The Morgan fingerprint density at radius 2 is 0.810 bits per heavy atom. The van der Waals surface area contributed by atoms with Gasteiger partial charge in [0.2, 0.25) is 0 Å². The van der Waals surface area contributed by atoms with Gasteiger partial charge in [0.25, 0.3) is 0 Å².